The van der Waals surface area contributed by atoms with Gasteiger partial charge in [0.05, 0.1) is 0 Å². The highest BCUT2D eigenvalue weighted by Gasteiger charge is 2.37. The number of hydrogen-bond donors (Lipinski definition) is 2. The van der Waals surface area contributed by atoms with Crippen LogP contribution in [0.5, 0.6) is 0 Å². The second kappa shape index (κ2) is 14.9. The smallest absolute Gasteiger partial charge is 0.408 e. The molecule has 1 rings (SSSR count). The van der Waals surface area contributed by atoms with Crippen molar-refractivity contribution in [3.63, 3.8) is 0 Å². The number of nitrogens with zero attached hydrogens (tertiary/aromatic N) is 1. The molecule has 0 radical (unpaired) electrons. The third-order valence-electron chi connectivity index (χ3n) is 6.01. The maximum atomic E-state index is 14.0. The Morgan fingerprint density at radius 1 is 0.944 bits per heavy atom. The van der Waals surface area contributed by atoms with Crippen LogP contribution in [0.1, 0.15) is 105 Å². The van der Waals surface area contributed by atoms with Gasteiger partial charge < -0.3 is 20.3 Å². The molecule has 3 unspecified atom stereocenters. The van der Waals surface area contributed by atoms with Gasteiger partial charge in [-0.15, -0.1) is 0 Å². The minimum absolute atomic E-state index is 0.0103. The first-order valence-corrected chi connectivity index (χ1v) is 13.5. The topological polar surface area (TPSA) is 87.7 Å². The Kier molecular flexibility index (Phi) is 13.0. The molecule has 7 nitrogen and oxygen atoms in total. The van der Waals surface area contributed by atoms with E-state index in [1.807, 2.05) is 45.0 Å². The summed E-state index contributed by atoms with van der Waals surface area (Å²) < 4.78 is 5.43. The summed E-state index contributed by atoms with van der Waals surface area (Å²) in [6.07, 6.45) is 3.65. The number of unbranched alkanes of at least 4 members (excludes halogenated alkanes) is 1. The zero-order chi connectivity index (χ0) is 27.5. The van der Waals surface area contributed by atoms with E-state index in [1.165, 1.54) is 0 Å². The minimum atomic E-state index is -0.824. The number of amides is 3. The van der Waals surface area contributed by atoms with Crippen molar-refractivity contribution in [2.24, 2.45) is 5.92 Å². The molecule has 0 heterocycles. The lowest BCUT2D eigenvalue weighted by Gasteiger charge is -2.36. The second-order valence-electron chi connectivity index (χ2n) is 10.9. The quantitative estimate of drug-likeness (QED) is 0.358. The van der Waals surface area contributed by atoms with E-state index in [4.69, 9.17) is 4.74 Å². The number of hydrogen-bond acceptors (Lipinski definition) is 4. The molecule has 204 valence electrons. The van der Waals surface area contributed by atoms with Crippen molar-refractivity contribution in [2.45, 2.75) is 118 Å². The van der Waals surface area contributed by atoms with Crippen LogP contribution in [0.3, 0.4) is 0 Å². The van der Waals surface area contributed by atoms with E-state index in [1.54, 1.807) is 25.7 Å². The first-order valence-electron chi connectivity index (χ1n) is 13.5. The average Bonchev–Trinajstić information content (AvgIpc) is 2.78. The van der Waals surface area contributed by atoms with E-state index in [0.717, 1.165) is 43.2 Å². The zero-order valence-electron chi connectivity index (χ0n) is 23.9. The predicted molar refractivity (Wildman–Crippen MR) is 146 cm³/mol. The molecule has 0 aromatic heterocycles. The van der Waals surface area contributed by atoms with Gasteiger partial charge in [-0.3, -0.25) is 9.59 Å². The maximum absolute atomic E-state index is 14.0. The number of rotatable bonds is 13. The van der Waals surface area contributed by atoms with Gasteiger partial charge in [0.2, 0.25) is 11.8 Å². The lowest BCUT2D eigenvalue weighted by Crippen LogP contribution is -2.55. The Morgan fingerprint density at radius 2 is 1.56 bits per heavy atom. The molecule has 1 aromatic rings. The molecular formula is C29H49N3O4. The van der Waals surface area contributed by atoms with Crippen LogP contribution in [0.25, 0.3) is 0 Å². The van der Waals surface area contributed by atoms with Crippen LogP contribution >= 0.6 is 0 Å². The Labute approximate surface area is 218 Å². The summed E-state index contributed by atoms with van der Waals surface area (Å²) in [5.74, 6) is -0.684. The zero-order valence-corrected chi connectivity index (χ0v) is 23.9. The normalized spacial score (nSPS) is 14.1. The Hall–Kier alpha value is -2.57. The molecule has 3 amide bonds. The maximum Gasteiger partial charge on any atom is 0.408 e. The first-order chi connectivity index (χ1) is 16.8. The molecule has 1 aromatic carbocycles. The van der Waals surface area contributed by atoms with E-state index in [0.29, 0.717) is 6.54 Å². The van der Waals surface area contributed by atoms with Crippen LogP contribution in [-0.4, -0.2) is 47.0 Å². The predicted octanol–water partition coefficient (Wildman–Crippen LogP) is 5.77. The van der Waals surface area contributed by atoms with Gasteiger partial charge in [-0.2, -0.15) is 0 Å². The van der Waals surface area contributed by atoms with Crippen LogP contribution in [0.2, 0.25) is 0 Å². The fraction of sp³-hybridized carbons (Fsp3) is 0.690. The van der Waals surface area contributed by atoms with E-state index >= 15 is 0 Å². The summed E-state index contributed by atoms with van der Waals surface area (Å²) in [6, 6.07) is 6.25. The highest BCUT2D eigenvalue weighted by molar-refractivity contribution is 5.92. The number of nitrogens with one attached hydrogen (secondary N) is 2. The average molecular weight is 504 g/mol. The van der Waals surface area contributed by atoms with Crippen molar-refractivity contribution in [1.82, 2.24) is 15.5 Å². The van der Waals surface area contributed by atoms with Gasteiger partial charge in [-0.05, 0) is 64.0 Å². The van der Waals surface area contributed by atoms with Gasteiger partial charge in [-0.1, -0.05) is 71.7 Å². The van der Waals surface area contributed by atoms with Crippen LogP contribution in [0.4, 0.5) is 4.79 Å². The molecule has 0 aliphatic carbocycles. The number of carbonyl (C=O) groups is 3. The second-order valence-corrected chi connectivity index (χ2v) is 10.9. The number of alkyl carbamates (subject to hydrolysis) is 1. The van der Waals surface area contributed by atoms with E-state index in [9.17, 15) is 14.4 Å². The van der Waals surface area contributed by atoms with Crippen molar-refractivity contribution in [3.8, 4) is 0 Å². The van der Waals surface area contributed by atoms with Gasteiger partial charge in [0.1, 0.15) is 17.7 Å². The van der Waals surface area contributed by atoms with Crippen LogP contribution in [-0.2, 0) is 20.7 Å². The van der Waals surface area contributed by atoms with Gasteiger partial charge >= 0.3 is 6.09 Å². The molecule has 0 aliphatic heterocycles. The van der Waals surface area contributed by atoms with Gasteiger partial charge in [0.25, 0.3) is 0 Å². The van der Waals surface area contributed by atoms with E-state index in [-0.39, 0.29) is 23.8 Å². The highest BCUT2D eigenvalue weighted by atomic mass is 16.6. The molecule has 0 bridgehead atoms. The highest BCUT2D eigenvalue weighted by Crippen LogP contribution is 2.25. The third kappa shape index (κ3) is 10.2. The molecule has 0 saturated carbocycles. The number of aryl methyl sites for hydroxylation is 1. The van der Waals surface area contributed by atoms with Crippen molar-refractivity contribution in [2.75, 3.05) is 6.54 Å². The number of carbonyl (C=O) groups excluding carboxylic acids is 3. The standard InChI is InChI=1S/C29H49N3O4/c1-10-13-19-32(27(34)24(20(4)5)31-28(35)36-29(7,8)9)25(26(33)30-21(6)14-11-2)23-17-15-22(12-3)16-18-23/h15-18,20-21,24-25H,10-14,19H2,1-9H3,(H,30,33)(H,31,35). The largest absolute Gasteiger partial charge is 0.444 e. The van der Waals surface area contributed by atoms with Gasteiger partial charge in [-0.25, -0.2) is 4.79 Å². The monoisotopic (exact) mass is 503 g/mol. The SMILES string of the molecule is CCCCN(C(=O)C(NC(=O)OC(C)(C)C)C(C)C)C(C(=O)NC(C)CCC)c1ccc(CC)cc1. The van der Waals surface area contributed by atoms with Crippen LogP contribution in [0, 0.1) is 5.92 Å². The first kappa shape index (κ1) is 31.5. The van der Waals surface area contributed by atoms with Gasteiger partial charge in [0, 0.05) is 12.6 Å². The number of benzene rings is 1. The van der Waals surface area contributed by atoms with Crippen LogP contribution < -0.4 is 10.6 Å². The van der Waals surface area contributed by atoms with Crippen molar-refractivity contribution in [3.05, 3.63) is 35.4 Å². The summed E-state index contributed by atoms with van der Waals surface area (Å²) in [7, 11) is 0. The van der Waals surface area contributed by atoms with Gasteiger partial charge in [0.15, 0.2) is 0 Å². The Morgan fingerprint density at radius 3 is 2.03 bits per heavy atom. The summed E-state index contributed by atoms with van der Waals surface area (Å²) >= 11 is 0. The molecule has 0 spiro atoms. The lowest BCUT2D eigenvalue weighted by molar-refractivity contribution is -0.143. The summed E-state index contributed by atoms with van der Waals surface area (Å²) in [4.78, 5) is 41.9. The molecule has 36 heavy (non-hydrogen) atoms. The third-order valence-corrected chi connectivity index (χ3v) is 6.01. The summed E-state index contributed by atoms with van der Waals surface area (Å²) in [5, 5.41) is 5.89. The molecular weight excluding hydrogens is 454 g/mol. The molecule has 2 N–H and O–H groups in total. The van der Waals surface area contributed by atoms with Crippen LogP contribution in [0.15, 0.2) is 24.3 Å². The molecule has 0 saturated heterocycles. The summed E-state index contributed by atoms with van der Waals surface area (Å²) in [6.45, 7) is 17.7. The molecule has 3 atom stereocenters. The molecule has 0 fully saturated rings. The number of ether oxygens (including phenoxy) is 1. The van der Waals surface area contributed by atoms with E-state index < -0.39 is 23.8 Å². The fourth-order valence-electron chi connectivity index (χ4n) is 4.06. The summed E-state index contributed by atoms with van der Waals surface area (Å²) in [5.41, 5.74) is 1.24. The molecule has 0 aliphatic rings. The lowest BCUT2D eigenvalue weighted by atomic mass is 9.97. The fourth-order valence-corrected chi connectivity index (χ4v) is 4.06. The van der Waals surface area contributed by atoms with Crippen molar-refractivity contribution < 1.29 is 19.1 Å². The van der Waals surface area contributed by atoms with Crippen molar-refractivity contribution >= 4 is 17.9 Å². The Bertz CT molecular complexity index is 830. The minimum Gasteiger partial charge on any atom is -0.444 e. The molecule has 7 heteroatoms. The van der Waals surface area contributed by atoms with Crippen molar-refractivity contribution in [1.29, 1.82) is 0 Å². The Balaban J connectivity index is 3.45. The van der Waals surface area contributed by atoms with E-state index in [2.05, 4.69) is 31.4 Å².